The quantitative estimate of drug-likeness (QED) is 0.627. The minimum absolute atomic E-state index is 0.322. The number of phenolic OH excluding ortho intramolecular Hbond substituents is 1. The fraction of sp³-hybridized carbons (Fsp3) is 0. The van der Waals surface area contributed by atoms with Crippen molar-refractivity contribution < 1.29 is 5.11 Å². The fourth-order valence-corrected chi connectivity index (χ4v) is 1.70. The Labute approximate surface area is 124 Å². The summed E-state index contributed by atoms with van der Waals surface area (Å²) in [5, 5.41) is 12.7. The van der Waals surface area contributed by atoms with Gasteiger partial charge in [0.15, 0.2) is 0 Å². The molecule has 0 spiro atoms. The van der Waals surface area contributed by atoms with Gasteiger partial charge >= 0.3 is 0 Å². The zero-order valence-corrected chi connectivity index (χ0v) is 12.0. The van der Waals surface area contributed by atoms with Gasteiger partial charge in [-0.05, 0) is 28.5 Å². The summed E-state index contributed by atoms with van der Waals surface area (Å²) in [6.07, 6.45) is 1.83. The van der Waals surface area contributed by atoms with E-state index in [1.54, 1.807) is 35.6 Å². The molecule has 1 nitrogen and oxygen atoms in total. The summed E-state index contributed by atoms with van der Waals surface area (Å²) in [5.74, 6) is 0.322. The van der Waals surface area contributed by atoms with Crippen LogP contribution in [0.4, 0.5) is 0 Å². The first kappa shape index (κ1) is 15.7. The molecule has 1 heterocycles. The van der Waals surface area contributed by atoms with Crippen LogP contribution in [0.15, 0.2) is 90.1 Å². The summed E-state index contributed by atoms with van der Waals surface area (Å²) in [5.41, 5.74) is 1.17. The molecular formula is C18H18OS. The number of para-hydroxylation sites is 1. The molecule has 0 radical (unpaired) electrons. The monoisotopic (exact) mass is 282 g/mol. The van der Waals surface area contributed by atoms with E-state index in [-0.39, 0.29) is 0 Å². The average Bonchev–Trinajstić information content (AvgIpc) is 3.09. The second-order valence-corrected chi connectivity index (χ2v) is 4.56. The fourth-order valence-electron chi connectivity index (χ4n) is 1.24. The van der Waals surface area contributed by atoms with Gasteiger partial charge in [-0.3, -0.25) is 0 Å². The van der Waals surface area contributed by atoms with Gasteiger partial charge in [0, 0.05) is 0 Å². The van der Waals surface area contributed by atoms with E-state index in [0.717, 1.165) is 0 Å². The van der Waals surface area contributed by atoms with Gasteiger partial charge in [-0.1, -0.05) is 73.3 Å². The highest BCUT2D eigenvalue weighted by molar-refractivity contribution is 7.07. The molecular weight excluding hydrogens is 264 g/mol. The zero-order valence-electron chi connectivity index (χ0n) is 11.2. The van der Waals surface area contributed by atoms with Crippen LogP contribution in [0.3, 0.4) is 0 Å². The van der Waals surface area contributed by atoms with Crippen LogP contribution in [-0.2, 0) is 0 Å². The molecule has 1 N–H and O–H groups in total. The predicted octanol–water partition coefficient (Wildman–Crippen LogP) is 5.47. The third-order valence-electron chi connectivity index (χ3n) is 2.22. The lowest BCUT2D eigenvalue weighted by atomic mass is 10.2. The molecule has 102 valence electrons. The third kappa shape index (κ3) is 7.90. The van der Waals surface area contributed by atoms with Crippen LogP contribution in [0, 0.1) is 0 Å². The van der Waals surface area contributed by atoms with Crippen LogP contribution in [0.1, 0.15) is 5.56 Å². The van der Waals surface area contributed by atoms with Crippen molar-refractivity contribution in [2.75, 3.05) is 0 Å². The van der Waals surface area contributed by atoms with Gasteiger partial charge in [0.2, 0.25) is 0 Å². The van der Waals surface area contributed by atoms with Gasteiger partial charge in [-0.25, -0.2) is 0 Å². The molecule has 1 aromatic heterocycles. The van der Waals surface area contributed by atoms with Crippen molar-refractivity contribution in [1.82, 2.24) is 0 Å². The van der Waals surface area contributed by atoms with E-state index in [1.165, 1.54) is 5.56 Å². The first-order chi connectivity index (χ1) is 9.83. The van der Waals surface area contributed by atoms with E-state index in [2.05, 4.69) is 6.58 Å². The molecule has 0 amide bonds. The highest BCUT2D eigenvalue weighted by Crippen LogP contribution is 2.02. The van der Waals surface area contributed by atoms with Crippen molar-refractivity contribution in [3.05, 3.63) is 95.7 Å². The molecule has 2 heteroatoms. The number of hydrogen-bond donors (Lipinski definition) is 1. The Kier molecular flexibility index (Phi) is 8.33. The summed E-state index contributed by atoms with van der Waals surface area (Å²) in [4.78, 5) is 0. The molecule has 0 saturated heterocycles. The van der Waals surface area contributed by atoms with Crippen molar-refractivity contribution in [2.45, 2.75) is 0 Å². The van der Waals surface area contributed by atoms with Crippen LogP contribution in [0.2, 0.25) is 0 Å². The van der Waals surface area contributed by atoms with Crippen LogP contribution in [-0.4, -0.2) is 5.11 Å². The summed E-state index contributed by atoms with van der Waals surface area (Å²) < 4.78 is 0. The second-order valence-electron chi connectivity index (χ2n) is 3.74. The lowest BCUT2D eigenvalue weighted by molar-refractivity contribution is 0.475. The van der Waals surface area contributed by atoms with Gasteiger partial charge in [0.1, 0.15) is 5.75 Å². The van der Waals surface area contributed by atoms with E-state index in [4.69, 9.17) is 5.11 Å². The minimum Gasteiger partial charge on any atom is -0.508 e. The Morgan fingerprint density at radius 3 is 1.50 bits per heavy atom. The molecule has 0 aliphatic rings. The van der Waals surface area contributed by atoms with E-state index in [9.17, 15) is 0 Å². The Bertz CT molecular complexity index is 527. The van der Waals surface area contributed by atoms with Crippen molar-refractivity contribution in [1.29, 1.82) is 0 Å². The van der Waals surface area contributed by atoms with Gasteiger partial charge in [-0.2, -0.15) is 11.3 Å². The van der Waals surface area contributed by atoms with Crippen LogP contribution in [0.5, 0.6) is 5.75 Å². The van der Waals surface area contributed by atoms with E-state index < -0.39 is 0 Å². The zero-order chi connectivity index (χ0) is 14.5. The molecule has 20 heavy (non-hydrogen) atoms. The highest BCUT2D eigenvalue weighted by Gasteiger charge is 1.76. The number of rotatable bonds is 1. The standard InChI is InChI=1S/C8H8.C6H6O.C4H4S/c1-2-8-6-4-3-5-7-8;7-6-4-2-1-3-5-6;1-2-4-5-3-1/h2-7H,1H2;1-5,7H;1-4H. The van der Waals surface area contributed by atoms with Crippen LogP contribution < -0.4 is 0 Å². The molecule has 0 atom stereocenters. The predicted molar refractivity (Wildman–Crippen MR) is 89.0 cm³/mol. The van der Waals surface area contributed by atoms with Crippen molar-refractivity contribution in [3.63, 3.8) is 0 Å². The van der Waals surface area contributed by atoms with Gasteiger partial charge in [0.05, 0.1) is 0 Å². The van der Waals surface area contributed by atoms with Crippen molar-refractivity contribution >= 4 is 17.4 Å². The van der Waals surface area contributed by atoms with Gasteiger partial charge in [-0.15, -0.1) is 0 Å². The second kappa shape index (κ2) is 10.6. The molecule has 3 rings (SSSR count). The van der Waals surface area contributed by atoms with E-state index in [1.807, 2.05) is 65.4 Å². The first-order valence-electron chi connectivity index (χ1n) is 6.21. The highest BCUT2D eigenvalue weighted by atomic mass is 32.1. The van der Waals surface area contributed by atoms with Crippen molar-refractivity contribution in [3.8, 4) is 5.75 Å². The summed E-state index contributed by atoms with van der Waals surface area (Å²) in [6.45, 7) is 3.63. The number of benzene rings is 2. The largest absolute Gasteiger partial charge is 0.508 e. The Morgan fingerprint density at radius 1 is 0.750 bits per heavy atom. The SMILES string of the molecule is C=Cc1ccccc1.Oc1ccccc1.c1ccsc1. The molecule has 0 unspecified atom stereocenters. The van der Waals surface area contributed by atoms with E-state index in [0.29, 0.717) is 5.75 Å². The molecule has 0 bridgehead atoms. The third-order valence-corrected chi connectivity index (χ3v) is 2.85. The molecule has 0 saturated carbocycles. The lowest BCUT2D eigenvalue weighted by Crippen LogP contribution is -1.63. The Balaban J connectivity index is 0.000000154. The Morgan fingerprint density at radius 2 is 1.25 bits per heavy atom. The average molecular weight is 282 g/mol. The number of aromatic hydroxyl groups is 1. The number of phenols is 1. The minimum atomic E-state index is 0.322. The number of hydrogen-bond acceptors (Lipinski definition) is 2. The summed E-state index contributed by atoms with van der Waals surface area (Å²) >= 11 is 1.71. The first-order valence-corrected chi connectivity index (χ1v) is 7.16. The molecule has 3 aromatic rings. The van der Waals surface area contributed by atoms with Crippen LogP contribution >= 0.6 is 11.3 Å². The maximum absolute atomic E-state index is 8.63. The van der Waals surface area contributed by atoms with Crippen LogP contribution in [0.25, 0.3) is 6.08 Å². The molecule has 2 aromatic carbocycles. The molecule has 0 aliphatic carbocycles. The van der Waals surface area contributed by atoms with Gasteiger partial charge < -0.3 is 5.11 Å². The molecule has 0 aliphatic heterocycles. The van der Waals surface area contributed by atoms with E-state index >= 15 is 0 Å². The topological polar surface area (TPSA) is 20.2 Å². The lowest BCUT2D eigenvalue weighted by Gasteiger charge is -1.85. The Hall–Kier alpha value is -2.32. The number of thiophene rings is 1. The summed E-state index contributed by atoms with van der Waals surface area (Å²) in [7, 11) is 0. The summed E-state index contributed by atoms with van der Waals surface area (Å²) in [6, 6.07) is 22.8. The normalized spacial score (nSPS) is 8.40. The van der Waals surface area contributed by atoms with Gasteiger partial charge in [0.25, 0.3) is 0 Å². The molecule has 0 fully saturated rings. The maximum Gasteiger partial charge on any atom is 0.115 e. The maximum atomic E-state index is 8.63. The van der Waals surface area contributed by atoms with Crippen molar-refractivity contribution in [2.24, 2.45) is 0 Å². The smallest absolute Gasteiger partial charge is 0.115 e.